The molecule has 17 heavy (non-hydrogen) atoms. The highest BCUT2D eigenvalue weighted by Crippen LogP contribution is 2.25. The van der Waals surface area contributed by atoms with Crippen LogP contribution in [-0.2, 0) is 4.74 Å². The Labute approximate surface area is 107 Å². The highest BCUT2D eigenvalue weighted by atomic mass is 35.5. The Morgan fingerprint density at radius 1 is 1.41 bits per heavy atom. The molecule has 0 aliphatic rings. The second-order valence-electron chi connectivity index (χ2n) is 3.84. The van der Waals surface area contributed by atoms with Gasteiger partial charge in [-0.3, -0.25) is 0 Å². The standard InChI is InChI=1S/C13H18ClNO2/c1-4-10(5-2)15-12-8-9(13(16)17-3)6-7-11(12)14/h6-8,10,15H,4-5H2,1-3H3. The van der Waals surface area contributed by atoms with Gasteiger partial charge in [0.2, 0.25) is 0 Å². The lowest BCUT2D eigenvalue weighted by atomic mass is 10.1. The van der Waals surface area contributed by atoms with Gasteiger partial charge in [-0.25, -0.2) is 4.79 Å². The summed E-state index contributed by atoms with van der Waals surface area (Å²) < 4.78 is 4.68. The minimum Gasteiger partial charge on any atom is -0.465 e. The van der Waals surface area contributed by atoms with Gasteiger partial charge in [0.05, 0.1) is 23.4 Å². The zero-order valence-electron chi connectivity index (χ0n) is 10.4. The van der Waals surface area contributed by atoms with Gasteiger partial charge >= 0.3 is 5.97 Å². The quantitative estimate of drug-likeness (QED) is 0.815. The van der Waals surface area contributed by atoms with Gasteiger partial charge in [0.1, 0.15) is 0 Å². The van der Waals surface area contributed by atoms with Crippen molar-refractivity contribution >= 4 is 23.3 Å². The van der Waals surface area contributed by atoms with Crippen LogP contribution >= 0.6 is 11.6 Å². The molecule has 0 saturated carbocycles. The van der Waals surface area contributed by atoms with Gasteiger partial charge < -0.3 is 10.1 Å². The number of anilines is 1. The van der Waals surface area contributed by atoms with E-state index in [1.165, 1.54) is 7.11 Å². The number of esters is 1. The number of carbonyl (C=O) groups is 1. The molecule has 0 aliphatic carbocycles. The van der Waals surface area contributed by atoms with Crippen LogP contribution in [0.25, 0.3) is 0 Å². The van der Waals surface area contributed by atoms with E-state index in [2.05, 4.69) is 23.9 Å². The number of ether oxygens (including phenoxy) is 1. The molecule has 0 saturated heterocycles. The fourth-order valence-corrected chi connectivity index (χ4v) is 1.77. The Morgan fingerprint density at radius 2 is 2.06 bits per heavy atom. The molecular formula is C13H18ClNO2. The Hall–Kier alpha value is -1.22. The van der Waals surface area contributed by atoms with E-state index >= 15 is 0 Å². The van der Waals surface area contributed by atoms with Gasteiger partial charge in [-0.15, -0.1) is 0 Å². The number of methoxy groups -OCH3 is 1. The second kappa shape index (κ2) is 6.50. The summed E-state index contributed by atoms with van der Waals surface area (Å²) in [6.07, 6.45) is 2.02. The Morgan fingerprint density at radius 3 is 2.59 bits per heavy atom. The number of hydrogen-bond acceptors (Lipinski definition) is 3. The minimum atomic E-state index is -0.353. The molecule has 0 aromatic heterocycles. The fourth-order valence-electron chi connectivity index (χ4n) is 1.59. The normalized spacial score (nSPS) is 10.4. The van der Waals surface area contributed by atoms with Crippen molar-refractivity contribution in [2.24, 2.45) is 0 Å². The van der Waals surface area contributed by atoms with Gasteiger partial charge in [-0.1, -0.05) is 25.4 Å². The maximum Gasteiger partial charge on any atom is 0.337 e. The molecule has 1 rings (SSSR count). The summed E-state index contributed by atoms with van der Waals surface area (Å²) in [5.74, 6) is -0.353. The molecule has 0 fully saturated rings. The van der Waals surface area contributed by atoms with Gasteiger partial charge in [0.15, 0.2) is 0 Å². The summed E-state index contributed by atoms with van der Waals surface area (Å²) in [5, 5.41) is 3.94. The van der Waals surface area contributed by atoms with Crippen LogP contribution in [0.1, 0.15) is 37.0 Å². The number of carbonyl (C=O) groups excluding carboxylic acids is 1. The zero-order valence-corrected chi connectivity index (χ0v) is 11.2. The molecule has 0 radical (unpaired) electrons. The van der Waals surface area contributed by atoms with E-state index in [1.807, 2.05) is 0 Å². The third-order valence-electron chi connectivity index (χ3n) is 2.73. The van der Waals surface area contributed by atoms with E-state index in [0.717, 1.165) is 18.5 Å². The number of halogens is 1. The van der Waals surface area contributed by atoms with Crippen molar-refractivity contribution < 1.29 is 9.53 Å². The summed E-state index contributed by atoms with van der Waals surface area (Å²) in [6.45, 7) is 4.22. The molecule has 4 heteroatoms. The molecule has 0 unspecified atom stereocenters. The van der Waals surface area contributed by atoms with Crippen LogP contribution in [0.4, 0.5) is 5.69 Å². The van der Waals surface area contributed by atoms with E-state index in [1.54, 1.807) is 18.2 Å². The lowest BCUT2D eigenvalue weighted by Gasteiger charge is -2.17. The Balaban J connectivity index is 2.94. The van der Waals surface area contributed by atoms with Crippen molar-refractivity contribution in [1.29, 1.82) is 0 Å². The van der Waals surface area contributed by atoms with Crippen molar-refractivity contribution in [3.8, 4) is 0 Å². The second-order valence-corrected chi connectivity index (χ2v) is 4.25. The first-order valence-electron chi connectivity index (χ1n) is 5.76. The molecular weight excluding hydrogens is 238 g/mol. The third-order valence-corrected chi connectivity index (χ3v) is 3.06. The highest BCUT2D eigenvalue weighted by Gasteiger charge is 2.11. The first-order chi connectivity index (χ1) is 8.12. The average molecular weight is 256 g/mol. The van der Waals surface area contributed by atoms with Crippen molar-refractivity contribution in [2.45, 2.75) is 32.7 Å². The Kier molecular flexibility index (Phi) is 5.29. The van der Waals surface area contributed by atoms with Crippen molar-refractivity contribution in [1.82, 2.24) is 0 Å². The fraction of sp³-hybridized carbons (Fsp3) is 0.462. The Bertz CT molecular complexity index is 389. The molecule has 0 atom stereocenters. The lowest BCUT2D eigenvalue weighted by molar-refractivity contribution is 0.0601. The first-order valence-corrected chi connectivity index (χ1v) is 6.14. The summed E-state index contributed by atoms with van der Waals surface area (Å²) in [7, 11) is 1.37. The summed E-state index contributed by atoms with van der Waals surface area (Å²) in [5.41, 5.74) is 1.29. The van der Waals surface area contributed by atoms with Crippen LogP contribution in [0.5, 0.6) is 0 Å². The lowest BCUT2D eigenvalue weighted by Crippen LogP contribution is -2.17. The molecule has 0 amide bonds. The molecule has 1 aromatic rings. The largest absolute Gasteiger partial charge is 0.465 e. The predicted octanol–water partition coefficient (Wildman–Crippen LogP) is 3.73. The number of nitrogens with one attached hydrogen (secondary N) is 1. The minimum absolute atomic E-state index is 0.353. The van der Waals surface area contributed by atoms with E-state index in [0.29, 0.717) is 16.6 Å². The molecule has 1 aromatic carbocycles. The highest BCUT2D eigenvalue weighted by molar-refractivity contribution is 6.33. The average Bonchev–Trinajstić information content (AvgIpc) is 2.36. The van der Waals surface area contributed by atoms with Gasteiger partial charge in [0.25, 0.3) is 0 Å². The predicted molar refractivity (Wildman–Crippen MR) is 70.8 cm³/mol. The molecule has 0 bridgehead atoms. The summed E-state index contributed by atoms with van der Waals surface area (Å²) >= 11 is 6.09. The maximum absolute atomic E-state index is 11.4. The number of rotatable bonds is 5. The summed E-state index contributed by atoms with van der Waals surface area (Å²) in [4.78, 5) is 11.4. The number of benzene rings is 1. The van der Waals surface area contributed by atoms with Crippen LogP contribution in [0, 0.1) is 0 Å². The van der Waals surface area contributed by atoms with E-state index in [9.17, 15) is 4.79 Å². The molecule has 0 aliphatic heterocycles. The zero-order chi connectivity index (χ0) is 12.8. The van der Waals surface area contributed by atoms with Gasteiger partial charge in [0, 0.05) is 6.04 Å². The molecule has 3 nitrogen and oxygen atoms in total. The monoisotopic (exact) mass is 255 g/mol. The van der Waals surface area contributed by atoms with E-state index < -0.39 is 0 Å². The van der Waals surface area contributed by atoms with Crippen LogP contribution in [0.3, 0.4) is 0 Å². The maximum atomic E-state index is 11.4. The van der Waals surface area contributed by atoms with Crippen LogP contribution in [0.15, 0.2) is 18.2 Å². The first kappa shape index (κ1) is 13.8. The van der Waals surface area contributed by atoms with E-state index in [4.69, 9.17) is 11.6 Å². The topological polar surface area (TPSA) is 38.3 Å². The van der Waals surface area contributed by atoms with Crippen LogP contribution in [0.2, 0.25) is 5.02 Å². The van der Waals surface area contributed by atoms with E-state index in [-0.39, 0.29) is 5.97 Å². The molecule has 0 spiro atoms. The molecule has 1 N–H and O–H groups in total. The smallest absolute Gasteiger partial charge is 0.337 e. The number of hydrogen-bond donors (Lipinski definition) is 1. The van der Waals surface area contributed by atoms with Gasteiger partial charge in [-0.05, 0) is 31.0 Å². The third kappa shape index (κ3) is 3.63. The molecule has 0 heterocycles. The van der Waals surface area contributed by atoms with Gasteiger partial charge in [-0.2, -0.15) is 0 Å². The van der Waals surface area contributed by atoms with Crippen LogP contribution < -0.4 is 5.32 Å². The summed E-state index contributed by atoms with van der Waals surface area (Å²) in [6, 6.07) is 5.46. The SMILES string of the molecule is CCC(CC)Nc1cc(C(=O)OC)ccc1Cl. The van der Waals surface area contributed by atoms with Crippen molar-refractivity contribution in [3.63, 3.8) is 0 Å². The molecule has 94 valence electrons. The van der Waals surface area contributed by atoms with Crippen molar-refractivity contribution in [3.05, 3.63) is 28.8 Å². The van der Waals surface area contributed by atoms with Crippen LogP contribution in [-0.4, -0.2) is 19.1 Å². The van der Waals surface area contributed by atoms with Crippen molar-refractivity contribution in [2.75, 3.05) is 12.4 Å².